The minimum atomic E-state index is -0.0892. The normalized spacial score (nSPS) is 26.4. The Hall–Kier alpha value is -1.36. The van der Waals surface area contributed by atoms with E-state index in [1.54, 1.807) is 6.20 Å². The van der Waals surface area contributed by atoms with E-state index >= 15 is 0 Å². The fraction of sp³-hybridized carbons (Fsp3) is 0.600. The van der Waals surface area contributed by atoms with Gasteiger partial charge in [0.25, 0.3) is 0 Å². The molecule has 1 aliphatic rings. The third-order valence-electron chi connectivity index (χ3n) is 2.82. The van der Waals surface area contributed by atoms with Gasteiger partial charge in [-0.15, -0.1) is 0 Å². The van der Waals surface area contributed by atoms with Gasteiger partial charge in [0.15, 0.2) is 0 Å². The highest BCUT2D eigenvalue weighted by molar-refractivity contribution is 5.77. The summed E-state index contributed by atoms with van der Waals surface area (Å²) in [7, 11) is 0. The lowest BCUT2D eigenvalue weighted by Gasteiger charge is -2.29. The summed E-state index contributed by atoms with van der Waals surface area (Å²) in [4.78, 5) is 11.3. The van der Waals surface area contributed by atoms with E-state index in [2.05, 4.69) is 10.4 Å². The molecular weight excluding hydrogens is 192 g/mol. The van der Waals surface area contributed by atoms with Gasteiger partial charge in [-0.2, -0.15) is 5.10 Å². The number of carbonyl (C=O) groups excluding carboxylic acids is 1. The molecule has 0 radical (unpaired) electrons. The van der Waals surface area contributed by atoms with Gasteiger partial charge >= 0.3 is 0 Å². The Balaban J connectivity index is 2.24. The van der Waals surface area contributed by atoms with E-state index in [1.807, 2.05) is 17.7 Å². The van der Waals surface area contributed by atoms with Crippen LogP contribution in [0, 0.1) is 0 Å². The topological polar surface area (TPSA) is 72.9 Å². The molecule has 0 aromatic carbocycles. The van der Waals surface area contributed by atoms with Crippen LogP contribution < -0.4 is 11.1 Å². The van der Waals surface area contributed by atoms with Crippen molar-refractivity contribution in [1.29, 1.82) is 0 Å². The van der Waals surface area contributed by atoms with Crippen LogP contribution >= 0.6 is 0 Å². The van der Waals surface area contributed by atoms with Crippen molar-refractivity contribution < 1.29 is 4.79 Å². The molecule has 5 heteroatoms. The molecule has 1 aromatic rings. The predicted molar refractivity (Wildman–Crippen MR) is 56.0 cm³/mol. The van der Waals surface area contributed by atoms with Crippen molar-refractivity contribution in [2.45, 2.75) is 38.4 Å². The summed E-state index contributed by atoms with van der Waals surface area (Å²) in [5.74, 6) is 0.0746. The Morgan fingerprint density at radius 2 is 2.53 bits per heavy atom. The first-order chi connectivity index (χ1) is 7.22. The maximum absolute atomic E-state index is 11.3. The first-order valence-corrected chi connectivity index (χ1v) is 5.29. The Morgan fingerprint density at radius 1 is 1.73 bits per heavy atom. The predicted octanol–water partition coefficient (Wildman–Crippen LogP) is 0.181. The van der Waals surface area contributed by atoms with Gasteiger partial charge in [-0.1, -0.05) is 0 Å². The number of nitrogens with zero attached hydrogens (tertiary/aromatic N) is 2. The van der Waals surface area contributed by atoms with Crippen molar-refractivity contribution in [3.05, 3.63) is 18.0 Å². The van der Waals surface area contributed by atoms with Gasteiger partial charge in [-0.05, 0) is 19.4 Å². The molecule has 0 saturated carbocycles. The quantitative estimate of drug-likeness (QED) is 0.728. The summed E-state index contributed by atoms with van der Waals surface area (Å²) < 4.78 is 1.87. The molecule has 0 aliphatic carbocycles. The number of aryl methyl sites for hydroxylation is 1. The highest BCUT2D eigenvalue weighted by atomic mass is 16.1. The lowest BCUT2D eigenvalue weighted by Crippen LogP contribution is -2.46. The lowest BCUT2D eigenvalue weighted by molar-refractivity contribution is -0.123. The second-order valence-corrected chi connectivity index (χ2v) is 3.82. The fourth-order valence-corrected chi connectivity index (χ4v) is 1.98. The molecule has 0 spiro atoms. The van der Waals surface area contributed by atoms with Crippen LogP contribution in [-0.4, -0.2) is 21.7 Å². The molecule has 1 amide bonds. The van der Waals surface area contributed by atoms with E-state index in [-0.39, 0.29) is 18.0 Å². The number of aromatic nitrogens is 2. The van der Waals surface area contributed by atoms with Crippen molar-refractivity contribution in [2.75, 3.05) is 0 Å². The van der Waals surface area contributed by atoms with Crippen LogP contribution in [0.3, 0.4) is 0 Å². The van der Waals surface area contributed by atoms with Crippen LogP contribution in [0.1, 0.15) is 31.5 Å². The first kappa shape index (κ1) is 10.2. The SMILES string of the molecule is CCn1nccc1C1NC(=O)CCC1N. The molecule has 1 aliphatic heterocycles. The highest BCUT2D eigenvalue weighted by Gasteiger charge is 2.29. The maximum atomic E-state index is 11.3. The van der Waals surface area contributed by atoms with Crippen LogP contribution in [0.2, 0.25) is 0 Å². The molecule has 15 heavy (non-hydrogen) atoms. The number of amides is 1. The summed E-state index contributed by atoms with van der Waals surface area (Å²) in [6.07, 6.45) is 3.01. The van der Waals surface area contributed by atoms with Crippen molar-refractivity contribution in [3.8, 4) is 0 Å². The minimum Gasteiger partial charge on any atom is -0.346 e. The van der Waals surface area contributed by atoms with Crippen molar-refractivity contribution in [1.82, 2.24) is 15.1 Å². The Bertz CT molecular complexity index is 360. The molecule has 82 valence electrons. The van der Waals surface area contributed by atoms with Crippen LogP contribution in [0.5, 0.6) is 0 Å². The van der Waals surface area contributed by atoms with Gasteiger partial charge < -0.3 is 11.1 Å². The average molecular weight is 208 g/mol. The minimum absolute atomic E-state index is 0.00954. The summed E-state index contributed by atoms with van der Waals surface area (Å²) in [5, 5.41) is 7.10. The molecule has 2 rings (SSSR count). The van der Waals surface area contributed by atoms with Gasteiger partial charge in [0.1, 0.15) is 0 Å². The Labute approximate surface area is 88.6 Å². The zero-order chi connectivity index (χ0) is 10.8. The maximum Gasteiger partial charge on any atom is 0.220 e. The zero-order valence-corrected chi connectivity index (χ0v) is 8.81. The largest absolute Gasteiger partial charge is 0.346 e. The van der Waals surface area contributed by atoms with Gasteiger partial charge in [0.05, 0.1) is 11.7 Å². The molecule has 2 heterocycles. The van der Waals surface area contributed by atoms with Crippen LogP contribution in [-0.2, 0) is 11.3 Å². The molecule has 2 atom stereocenters. The number of hydrogen-bond acceptors (Lipinski definition) is 3. The van der Waals surface area contributed by atoms with Crippen LogP contribution in [0.25, 0.3) is 0 Å². The van der Waals surface area contributed by atoms with E-state index in [9.17, 15) is 4.79 Å². The van der Waals surface area contributed by atoms with Crippen LogP contribution in [0.4, 0.5) is 0 Å². The summed E-state index contributed by atoms with van der Waals surface area (Å²) in [6.45, 7) is 2.81. The smallest absolute Gasteiger partial charge is 0.220 e. The Kier molecular flexibility index (Phi) is 2.73. The summed E-state index contributed by atoms with van der Waals surface area (Å²) in [6, 6.07) is 1.82. The lowest BCUT2D eigenvalue weighted by atomic mass is 9.96. The number of nitrogens with two attached hydrogens (primary N) is 1. The van der Waals surface area contributed by atoms with Crippen molar-refractivity contribution in [2.24, 2.45) is 5.73 Å². The molecular formula is C10H16N4O. The van der Waals surface area contributed by atoms with Crippen LogP contribution in [0.15, 0.2) is 12.3 Å². The van der Waals surface area contributed by atoms with E-state index in [0.717, 1.165) is 18.7 Å². The van der Waals surface area contributed by atoms with Gasteiger partial charge in [-0.25, -0.2) is 0 Å². The Morgan fingerprint density at radius 3 is 3.27 bits per heavy atom. The summed E-state index contributed by atoms with van der Waals surface area (Å²) in [5.41, 5.74) is 7.00. The number of nitrogens with one attached hydrogen (secondary N) is 1. The molecule has 1 saturated heterocycles. The number of piperidine rings is 1. The van der Waals surface area contributed by atoms with Gasteiger partial charge in [0.2, 0.25) is 5.91 Å². The molecule has 2 unspecified atom stereocenters. The van der Waals surface area contributed by atoms with Crippen molar-refractivity contribution >= 4 is 5.91 Å². The van der Waals surface area contributed by atoms with Crippen molar-refractivity contribution in [3.63, 3.8) is 0 Å². The van der Waals surface area contributed by atoms with E-state index < -0.39 is 0 Å². The third kappa shape index (κ3) is 1.87. The standard InChI is InChI=1S/C10H16N4O/c1-2-14-8(5-6-12-14)10-7(11)3-4-9(15)13-10/h5-7,10H,2-4,11H2,1H3,(H,13,15). The highest BCUT2D eigenvalue weighted by Crippen LogP contribution is 2.22. The second kappa shape index (κ2) is 4.02. The molecule has 5 nitrogen and oxygen atoms in total. The first-order valence-electron chi connectivity index (χ1n) is 5.29. The molecule has 3 N–H and O–H groups in total. The average Bonchev–Trinajstić information content (AvgIpc) is 2.69. The molecule has 1 aromatic heterocycles. The fourth-order valence-electron chi connectivity index (χ4n) is 1.98. The number of carbonyl (C=O) groups is 1. The van der Waals surface area contributed by atoms with E-state index in [4.69, 9.17) is 5.73 Å². The molecule has 1 fully saturated rings. The van der Waals surface area contributed by atoms with E-state index in [0.29, 0.717) is 6.42 Å². The number of rotatable bonds is 2. The molecule has 0 bridgehead atoms. The van der Waals surface area contributed by atoms with Gasteiger partial charge in [0, 0.05) is 25.2 Å². The third-order valence-corrected chi connectivity index (χ3v) is 2.82. The monoisotopic (exact) mass is 208 g/mol. The second-order valence-electron chi connectivity index (χ2n) is 3.82. The summed E-state index contributed by atoms with van der Waals surface area (Å²) >= 11 is 0. The number of hydrogen-bond donors (Lipinski definition) is 2. The van der Waals surface area contributed by atoms with E-state index in [1.165, 1.54) is 0 Å². The van der Waals surface area contributed by atoms with Gasteiger partial charge in [-0.3, -0.25) is 9.48 Å². The zero-order valence-electron chi connectivity index (χ0n) is 8.81.